The van der Waals surface area contributed by atoms with E-state index in [2.05, 4.69) is 10.2 Å². The van der Waals surface area contributed by atoms with Gasteiger partial charge in [0.05, 0.1) is 18.0 Å². The molecular formula is C15H18N2O2. The second kappa shape index (κ2) is 5.80. The minimum Gasteiger partial charge on any atom is -0.493 e. The van der Waals surface area contributed by atoms with Gasteiger partial charge in [-0.25, -0.2) is 0 Å². The molecular weight excluding hydrogens is 240 g/mol. The predicted molar refractivity (Wildman–Crippen MR) is 73.2 cm³/mol. The predicted octanol–water partition coefficient (Wildman–Crippen LogP) is 2.57. The Kier molecular flexibility index (Phi) is 4.12. The van der Waals surface area contributed by atoms with Crippen LogP contribution < -0.4 is 4.74 Å². The molecule has 2 rings (SSSR count). The van der Waals surface area contributed by atoms with Crippen molar-refractivity contribution in [1.29, 1.82) is 0 Å². The average Bonchev–Trinajstić information content (AvgIpc) is 2.42. The molecule has 2 aromatic rings. The molecule has 1 aromatic carbocycles. The van der Waals surface area contributed by atoms with E-state index in [0.29, 0.717) is 12.4 Å². The van der Waals surface area contributed by atoms with Crippen LogP contribution in [-0.2, 0) is 0 Å². The van der Waals surface area contributed by atoms with Crippen LogP contribution in [0.25, 0.3) is 0 Å². The number of para-hydroxylation sites is 1. The molecule has 0 aliphatic rings. The summed E-state index contributed by atoms with van der Waals surface area (Å²) in [5.41, 5.74) is 3.03. The van der Waals surface area contributed by atoms with Crippen molar-refractivity contribution in [3.05, 3.63) is 52.8 Å². The van der Waals surface area contributed by atoms with Crippen LogP contribution >= 0.6 is 0 Å². The van der Waals surface area contributed by atoms with Crippen molar-refractivity contribution in [2.24, 2.45) is 0 Å². The highest BCUT2D eigenvalue weighted by Crippen LogP contribution is 2.31. The Morgan fingerprint density at radius 3 is 2.63 bits per heavy atom. The Labute approximate surface area is 113 Å². The van der Waals surface area contributed by atoms with Gasteiger partial charge in [-0.2, -0.15) is 10.2 Å². The number of rotatable bonds is 4. The number of aryl methyl sites for hydroxylation is 2. The van der Waals surface area contributed by atoms with E-state index in [-0.39, 0.29) is 0 Å². The Hall–Kier alpha value is -1.94. The lowest BCUT2D eigenvalue weighted by Gasteiger charge is -2.17. The Bertz CT molecular complexity index is 570. The number of ether oxygens (including phenoxy) is 1. The second-order valence-electron chi connectivity index (χ2n) is 4.40. The summed E-state index contributed by atoms with van der Waals surface area (Å²) in [7, 11) is 0. The summed E-state index contributed by atoms with van der Waals surface area (Å²) in [6, 6.07) is 9.36. The molecule has 0 amide bonds. The first kappa shape index (κ1) is 13.5. The van der Waals surface area contributed by atoms with Crippen molar-refractivity contribution in [3.8, 4) is 5.75 Å². The molecule has 1 heterocycles. The van der Waals surface area contributed by atoms with Crippen molar-refractivity contribution in [1.82, 2.24) is 10.2 Å². The van der Waals surface area contributed by atoms with Gasteiger partial charge < -0.3 is 9.84 Å². The smallest absolute Gasteiger partial charge is 0.125 e. The zero-order valence-electron chi connectivity index (χ0n) is 11.4. The normalized spacial score (nSPS) is 12.2. The first-order valence-corrected chi connectivity index (χ1v) is 6.34. The summed E-state index contributed by atoms with van der Waals surface area (Å²) in [6.07, 6.45) is -0.753. The average molecular weight is 258 g/mol. The Balaban J connectivity index is 2.43. The SMILES string of the molecule is CCOc1ccccc1C(O)c1cc(C)nnc1C. The molecule has 0 aliphatic carbocycles. The fourth-order valence-corrected chi connectivity index (χ4v) is 2.01. The summed E-state index contributed by atoms with van der Waals surface area (Å²) in [5, 5.41) is 18.6. The van der Waals surface area contributed by atoms with Gasteiger partial charge in [-0.05, 0) is 32.9 Å². The van der Waals surface area contributed by atoms with Crippen LogP contribution in [0, 0.1) is 13.8 Å². The van der Waals surface area contributed by atoms with E-state index in [1.807, 2.05) is 51.1 Å². The van der Waals surface area contributed by atoms with Crippen LogP contribution in [0.3, 0.4) is 0 Å². The standard InChI is InChI=1S/C15H18N2O2/c1-4-19-14-8-6-5-7-12(14)15(18)13-9-10(2)16-17-11(13)3/h5-9,15,18H,4H2,1-3H3. The summed E-state index contributed by atoms with van der Waals surface area (Å²) >= 11 is 0. The fraction of sp³-hybridized carbons (Fsp3) is 0.333. The maximum absolute atomic E-state index is 10.6. The molecule has 19 heavy (non-hydrogen) atoms. The third-order valence-corrected chi connectivity index (χ3v) is 2.95. The second-order valence-corrected chi connectivity index (χ2v) is 4.40. The largest absolute Gasteiger partial charge is 0.493 e. The zero-order valence-corrected chi connectivity index (χ0v) is 11.4. The third kappa shape index (κ3) is 2.90. The number of hydrogen-bond acceptors (Lipinski definition) is 4. The summed E-state index contributed by atoms with van der Waals surface area (Å²) < 4.78 is 5.55. The zero-order chi connectivity index (χ0) is 13.8. The van der Waals surface area contributed by atoms with Gasteiger partial charge in [-0.1, -0.05) is 18.2 Å². The molecule has 0 bridgehead atoms. The minimum atomic E-state index is -0.753. The highest BCUT2D eigenvalue weighted by molar-refractivity contribution is 5.41. The molecule has 1 atom stereocenters. The topological polar surface area (TPSA) is 55.2 Å². The Morgan fingerprint density at radius 2 is 1.89 bits per heavy atom. The first-order valence-electron chi connectivity index (χ1n) is 6.34. The number of hydrogen-bond donors (Lipinski definition) is 1. The van der Waals surface area contributed by atoms with Crippen LogP contribution in [-0.4, -0.2) is 21.9 Å². The molecule has 1 N–H and O–H groups in total. The number of nitrogens with zero attached hydrogens (tertiary/aromatic N) is 2. The van der Waals surface area contributed by atoms with Crippen molar-refractivity contribution >= 4 is 0 Å². The highest BCUT2D eigenvalue weighted by atomic mass is 16.5. The molecule has 1 unspecified atom stereocenters. The molecule has 4 heteroatoms. The lowest BCUT2D eigenvalue weighted by Crippen LogP contribution is -2.07. The molecule has 0 aliphatic heterocycles. The summed E-state index contributed by atoms with van der Waals surface area (Å²) in [5.74, 6) is 0.700. The van der Waals surface area contributed by atoms with E-state index in [9.17, 15) is 5.11 Å². The monoisotopic (exact) mass is 258 g/mol. The number of aliphatic hydroxyl groups excluding tert-OH is 1. The van der Waals surface area contributed by atoms with Crippen LogP contribution in [0.15, 0.2) is 30.3 Å². The van der Waals surface area contributed by atoms with E-state index in [0.717, 1.165) is 22.5 Å². The molecule has 0 saturated carbocycles. The van der Waals surface area contributed by atoms with Crippen LogP contribution in [0.1, 0.15) is 35.5 Å². The van der Waals surface area contributed by atoms with Crippen LogP contribution in [0.4, 0.5) is 0 Å². The molecule has 100 valence electrons. The Morgan fingerprint density at radius 1 is 1.16 bits per heavy atom. The van der Waals surface area contributed by atoms with E-state index in [4.69, 9.17) is 4.74 Å². The number of benzene rings is 1. The van der Waals surface area contributed by atoms with Crippen molar-refractivity contribution in [3.63, 3.8) is 0 Å². The van der Waals surface area contributed by atoms with Gasteiger partial charge in [0.15, 0.2) is 0 Å². The van der Waals surface area contributed by atoms with E-state index >= 15 is 0 Å². The summed E-state index contributed by atoms with van der Waals surface area (Å²) in [6.45, 7) is 6.19. The van der Waals surface area contributed by atoms with E-state index in [1.54, 1.807) is 0 Å². The minimum absolute atomic E-state index is 0.566. The van der Waals surface area contributed by atoms with Gasteiger partial charge in [0, 0.05) is 11.1 Å². The first-order chi connectivity index (χ1) is 9.13. The molecule has 0 saturated heterocycles. The number of aromatic nitrogens is 2. The lowest BCUT2D eigenvalue weighted by molar-refractivity contribution is 0.210. The fourth-order valence-electron chi connectivity index (χ4n) is 2.01. The molecule has 0 radical (unpaired) electrons. The van der Waals surface area contributed by atoms with Crippen molar-refractivity contribution < 1.29 is 9.84 Å². The molecule has 1 aromatic heterocycles. The van der Waals surface area contributed by atoms with Crippen LogP contribution in [0.2, 0.25) is 0 Å². The quantitative estimate of drug-likeness (QED) is 0.915. The molecule has 4 nitrogen and oxygen atoms in total. The van der Waals surface area contributed by atoms with Gasteiger partial charge in [0.1, 0.15) is 11.9 Å². The van der Waals surface area contributed by atoms with Crippen LogP contribution in [0.5, 0.6) is 5.75 Å². The molecule has 0 spiro atoms. The maximum Gasteiger partial charge on any atom is 0.125 e. The third-order valence-electron chi connectivity index (χ3n) is 2.95. The number of aliphatic hydroxyl groups is 1. The summed E-state index contributed by atoms with van der Waals surface area (Å²) in [4.78, 5) is 0. The van der Waals surface area contributed by atoms with E-state index < -0.39 is 6.10 Å². The van der Waals surface area contributed by atoms with Gasteiger partial charge in [-0.3, -0.25) is 0 Å². The lowest BCUT2D eigenvalue weighted by atomic mass is 9.99. The highest BCUT2D eigenvalue weighted by Gasteiger charge is 2.18. The van der Waals surface area contributed by atoms with E-state index in [1.165, 1.54) is 0 Å². The maximum atomic E-state index is 10.6. The van der Waals surface area contributed by atoms with Gasteiger partial charge >= 0.3 is 0 Å². The van der Waals surface area contributed by atoms with Gasteiger partial charge in [-0.15, -0.1) is 0 Å². The molecule has 0 fully saturated rings. The van der Waals surface area contributed by atoms with Crippen molar-refractivity contribution in [2.45, 2.75) is 26.9 Å². The van der Waals surface area contributed by atoms with Gasteiger partial charge in [0.25, 0.3) is 0 Å². The van der Waals surface area contributed by atoms with Crippen molar-refractivity contribution in [2.75, 3.05) is 6.61 Å². The van der Waals surface area contributed by atoms with Gasteiger partial charge in [0.2, 0.25) is 0 Å².